The summed E-state index contributed by atoms with van der Waals surface area (Å²) in [6, 6.07) is 11.7. The molecule has 1 N–H and O–H groups in total. The quantitative estimate of drug-likeness (QED) is 0.726. The average Bonchev–Trinajstić information content (AvgIpc) is 2.52. The van der Waals surface area contributed by atoms with E-state index in [0.29, 0.717) is 12.0 Å². The minimum Gasteiger partial charge on any atom is -0.313 e. The van der Waals surface area contributed by atoms with Crippen LogP contribution in [0.25, 0.3) is 0 Å². The lowest BCUT2D eigenvalue weighted by molar-refractivity contribution is 0.282. The molecule has 0 bridgehead atoms. The van der Waals surface area contributed by atoms with Gasteiger partial charge in [0.05, 0.1) is 0 Å². The van der Waals surface area contributed by atoms with Gasteiger partial charge in [0.1, 0.15) is 0 Å². The second kappa shape index (κ2) is 8.46. The molecule has 0 spiro atoms. The van der Waals surface area contributed by atoms with Crippen molar-refractivity contribution in [3.8, 4) is 0 Å². The van der Waals surface area contributed by atoms with Gasteiger partial charge in [0.25, 0.3) is 0 Å². The van der Waals surface area contributed by atoms with E-state index >= 15 is 0 Å². The zero-order valence-corrected chi connectivity index (χ0v) is 13.3. The number of benzene rings is 1. The van der Waals surface area contributed by atoms with Crippen molar-refractivity contribution in [2.24, 2.45) is 5.92 Å². The van der Waals surface area contributed by atoms with Crippen LogP contribution in [0, 0.1) is 5.92 Å². The van der Waals surface area contributed by atoms with Crippen molar-refractivity contribution in [2.75, 3.05) is 6.54 Å². The summed E-state index contributed by atoms with van der Waals surface area (Å²) >= 11 is 0. The highest BCUT2D eigenvalue weighted by atomic mass is 14.9. The third-order valence-electron chi connectivity index (χ3n) is 4.90. The van der Waals surface area contributed by atoms with E-state index in [4.69, 9.17) is 0 Å². The molecule has 0 saturated heterocycles. The van der Waals surface area contributed by atoms with Gasteiger partial charge in [0, 0.05) is 6.04 Å². The molecule has 2 rings (SSSR count). The van der Waals surface area contributed by atoms with Crippen LogP contribution in [0.15, 0.2) is 30.3 Å². The van der Waals surface area contributed by atoms with Crippen molar-refractivity contribution in [3.05, 3.63) is 35.9 Å². The van der Waals surface area contributed by atoms with Gasteiger partial charge in [0.2, 0.25) is 0 Å². The van der Waals surface area contributed by atoms with Crippen molar-refractivity contribution in [3.63, 3.8) is 0 Å². The Balaban J connectivity index is 1.98. The fourth-order valence-corrected chi connectivity index (χ4v) is 3.56. The molecule has 1 aromatic rings. The number of nitrogens with one attached hydrogen (secondary N) is 1. The number of hydrogen-bond acceptors (Lipinski definition) is 1. The molecule has 20 heavy (non-hydrogen) atoms. The highest BCUT2D eigenvalue weighted by Crippen LogP contribution is 2.31. The Kier molecular flexibility index (Phi) is 6.59. The lowest BCUT2D eigenvalue weighted by Gasteiger charge is -2.31. The molecule has 2 unspecified atom stereocenters. The third kappa shape index (κ3) is 4.63. The van der Waals surface area contributed by atoms with Crippen LogP contribution in [0.1, 0.15) is 70.3 Å². The van der Waals surface area contributed by atoms with Gasteiger partial charge in [-0.2, -0.15) is 0 Å². The Labute approximate surface area is 125 Å². The fraction of sp³-hybridized carbons (Fsp3) is 0.684. The van der Waals surface area contributed by atoms with Crippen LogP contribution in [-0.2, 0) is 0 Å². The van der Waals surface area contributed by atoms with Crippen LogP contribution in [-0.4, -0.2) is 12.6 Å². The summed E-state index contributed by atoms with van der Waals surface area (Å²) in [6.45, 7) is 5.80. The number of hydrogen-bond donors (Lipinski definition) is 1. The Morgan fingerprint density at radius 3 is 2.45 bits per heavy atom. The molecule has 1 fully saturated rings. The molecule has 0 aromatic heterocycles. The molecule has 0 radical (unpaired) electrons. The van der Waals surface area contributed by atoms with Crippen molar-refractivity contribution < 1.29 is 0 Å². The van der Waals surface area contributed by atoms with Gasteiger partial charge in [-0.25, -0.2) is 0 Å². The van der Waals surface area contributed by atoms with E-state index in [1.54, 1.807) is 0 Å². The van der Waals surface area contributed by atoms with E-state index in [0.717, 1.165) is 12.5 Å². The SMILES string of the molecule is CCCNC(CC1CCCCC1)C(C)c1ccccc1. The molecular weight excluding hydrogens is 242 g/mol. The monoisotopic (exact) mass is 273 g/mol. The largest absolute Gasteiger partial charge is 0.313 e. The molecule has 112 valence electrons. The van der Waals surface area contributed by atoms with Crippen molar-refractivity contribution in [2.45, 2.75) is 70.8 Å². The summed E-state index contributed by atoms with van der Waals surface area (Å²) in [5, 5.41) is 3.81. The molecule has 1 saturated carbocycles. The van der Waals surface area contributed by atoms with E-state index in [1.807, 2.05) is 0 Å². The lowest BCUT2D eigenvalue weighted by Crippen LogP contribution is -2.36. The lowest BCUT2D eigenvalue weighted by atomic mass is 9.80. The highest BCUT2D eigenvalue weighted by Gasteiger charge is 2.23. The molecule has 1 heteroatoms. The Bertz CT molecular complexity index is 353. The third-order valence-corrected chi connectivity index (χ3v) is 4.90. The van der Waals surface area contributed by atoms with Gasteiger partial charge >= 0.3 is 0 Å². The summed E-state index contributed by atoms with van der Waals surface area (Å²) in [7, 11) is 0. The van der Waals surface area contributed by atoms with Gasteiger partial charge in [-0.15, -0.1) is 0 Å². The predicted molar refractivity (Wildman–Crippen MR) is 88.1 cm³/mol. The summed E-state index contributed by atoms with van der Waals surface area (Å²) in [5.74, 6) is 1.56. The smallest absolute Gasteiger partial charge is 0.0136 e. The molecule has 1 aromatic carbocycles. The van der Waals surface area contributed by atoms with Crippen LogP contribution in [0.4, 0.5) is 0 Å². The first-order valence-electron chi connectivity index (χ1n) is 8.59. The molecular formula is C19H31N. The second-order valence-electron chi connectivity index (χ2n) is 6.50. The zero-order chi connectivity index (χ0) is 14.2. The minimum atomic E-state index is 0.615. The van der Waals surface area contributed by atoms with Crippen LogP contribution < -0.4 is 5.32 Å². The van der Waals surface area contributed by atoms with Crippen molar-refractivity contribution in [1.29, 1.82) is 0 Å². The van der Waals surface area contributed by atoms with E-state index in [-0.39, 0.29) is 0 Å². The summed E-state index contributed by atoms with van der Waals surface area (Å²) in [4.78, 5) is 0. The zero-order valence-electron chi connectivity index (χ0n) is 13.3. The standard InChI is InChI=1S/C19H31N/c1-3-14-20-19(15-17-10-6-4-7-11-17)16(2)18-12-8-5-9-13-18/h5,8-9,12-13,16-17,19-20H,3-4,6-7,10-11,14-15H2,1-2H3. The van der Waals surface area contributed by atoms with Crippen molar-refractivity contribution >= 4 is 0 Å². The first kappa shape index (κ1) is 15.6. The van der Waals surface area contributed by atoms with Crippen LogP contribution in [0.2, 0.25) is 0 Å². The van der Waals surface area contributed by atoms with E-state index in [2.05, 4.69) is 49.5 Å². The topological polar surface area (TPSA) is 12.0 Å². The van der Waals surface area contributed by atoms with Gasteiger partial charge in [-0.05, 0) is 36.8 Å². The molecule has 0 amide bonds. The minimum absolute atomic E-state index is 0.615. The Morgan fingerprint density at radius 1 is 1.10 bits per heavy atom. The number of rotatable bonds is 7. The van der Waals surface area contributed by atoms with E-state index < -0.39 is 0 Å². The Hall–Kier alpha value is -0.820. The van der Waals surface area contributed by atoms with Crippen LogP contribution in [0.5, 0.6) is 0 Å². The average molecular weight is 273 g/mol. The maximum Gasteiger partial charge on any atom is 0.0136 e. The van der Waals surface area contributed by atoms with Gasteiger partial charge in [0.15, 0.2) is 0 Å². The van der Waals surface area contributed by atoms with Crippen LogP contribution >= 0.6 is 0 Å². The summed E-state index contributed by atoms with van der Waals surface area (Å²) in [6.07, 6.45) is 9.84. The molecule has 0 aliphatic heterocycles. The van der Waals surface area contributed by atoms with E-state index in [1.165, 1.54) is 50.5 Å². The fourth-order valence-electron chi connectivity index (χ4n) is 3.56. The molecule has 1 aliphatic carbocycles. The van der Waals surface area contributed by atoms with Crippen molar-refractivity contribution in [1.82, 2.24) is 5.32 Å². The highest BCUT2D eigenvalue weighted by molar-refractivity contribution is 5.20. The summed E-state index contributed by atoms with van der Waals surface area (Å²) in [5.41, 5.74) is 1.48. The maximum absolute atomic E-state index is 3.81. The first-order chi connectivity index (χ1) is 9.81. The molecule has 1 aliphatic rings. The Morgan fingerprint density at radius 2 is 1.80 bits per heavy atom. The molecule has 0 heterocycles. The van der Waals surface area contributed by atoms with E-state index in [9.17, 15) is 0 Å². The maximum atomic E-state index is 3.81. The first-order valence-corrected chi connectivity index (χ1v) is 8.59. The normalized spacial score (nSPS) is 19.7. The molecule has 2 atom stereocenters. The van der Waals surface area contributed by atoms with Gasteiger partial charge in [-0.1, -0.05) is 76.3 Å². The van der Waals surface area contributed by atoms with Gasteiger partial charge in [-0.3, -0.25) is 0 Å². The van der Waals surface area contributed by atoms with Gasteiger partial charge < -0.3 is 5.32 Å². The second-order valence-corrected chi connectivity index (χ2v) is 6.50. The predicted octanol–water partition coefficient (Wildman–Crippen LogP) is 5.13. The molecule has 1 nitrogen and oxygen atoms in total. The summed E-state index contributed by atoms with van der Waals surface area (Å²) < 4.78 is 0. The van der Waals surface area contributed by atoms with Crippen LogP contribution in [0.3, 0.4) is 0 Å².